The number of pyridine rings is 1. The molecule has 3 rings (SSSR count). The minimum absolute atomic E-state index is 0.0638. The molecule has 1 aromatic heterocycles. The lowest BCUT2D eigenvalue weighted by atomic mass is 10.1. The maximum atomic E-state index is 12.5. The van der Waals surface area contributed by atoms with E-state index >= 15 is 0 Å². The van der Waals surface area contributed by atoms with Crippen molar-refractivity contribution in [3.63, 3.8) is 0 Å². The number of hydrogen-bond acceptors (Lipinski definition) is 4. The first-order valence-corrected chi connectivity index (χ1v) is 9.61. The van der Waals surface area contributed by atoms with Crippen molar-refractivity contribution in [2.45, 2.75) is 49.6 Å². The highest BCUT2D eigenvalue weighted by atomic mass is 32.2. The molecule has 0 aliphatic carbocycles. The van der Waals surface area contributed by atoms with Gasteiger partial charge in [-0.1, -0.05) is 50.2 Å². The fourth-order valence-electron chi connectivity index (χ4n) is 3.03. The van der Waals surface area contributed by atoms with E-state index in [1.54, 1.807) is 11.8 Å². The average Bonchev–Trinajstić information content (AvgIpc) is 3.10. The fraction of sp³-hybridized carbons (Fsp3) is 0.400. The summed E-state index contributed by atoms with van der Waals surface area (Å²) in [5.74, 6) is 0. The summed E-state index contributed by atoms with van der Waals surface area (Å²) < 4.78 is 5.50. The van der Waals surface area contributed by atoms with Crippen LogP contribution in [-0.2, 0) is 11.3 Å². The zero-order valence-corrected chi connectivity index (χ0v) is 15.5. The van der Waals surface area contributed by atoms with Gasteiger partial charge in [-0.3, -0.25) is 0 Å². The highest BCUT2D eigenvalue weighted by molar-refractivity contribution is 7.99. The Bertz CT molecular complexity index is 689. The van der Waals surface area contributed by atoms with Gasteiger partial charge in [-0.2, -0.15) is 0 Å². The van der Waals surface area contributed by atoms with Crippen molar-refractivity contribution in [2.24, 2.45) is 0 Å². The van der Waals surface area contributed by atoms with Gasteiger partial charge in [0.2, 0.25) is 0 Å². The van der Waals surface area contributed by atoms with Crippen LogP contribution in [-0.4, -0.2) is 27.8 Å². The molecule has 1 saturated heterocycles. The molecule has 1 unspecified atom stereocenters. The smallest absolute Gasteiger partial charge is 0.410 e. The molecule has 1 aromatic carbocycles. The molecular formula is C20H24N2O2S. The van der Waals surface area contributed by atoms with Gasteiger partial charge in [-0.05, 0) is 30.0 Å². The Labute approximate surface area is 153 Å². The standard InChI is InChI=1S/C20H24N2O2S/c1-15(2)25-19-11-10-17(13-21-19)18-9-6-12-22(18)20(23)24-14-16-7-4-3-5-8-16/h3-5,7-8,10-11,13,15,18H,6,9,12,14H2,1-2H3. The summed E-state index contributed by atoms with van der Waals surface area (Å²) in [7, 11) is 0. The highest BCUT2D eigenvalue weighted by Gasteiger charge is 2.31. The van der Waals surface area contributed by atoms with E-state index in [4.69, 9.17) is 4.74 Å². The lowest BCUT2D eigenvalue weighted by Crippen LogP contribution is -2.31. The van der Waals surface area contributed by atoms with Crippen LogP contribution in [0.15, 0.2) is 53.7 Å². The van der Waals surface area contributed by atoms with Crippen LogP contribution in [0.3, 0.4) is 0 Å². The first-order chi connectivity index (χ1) is 12.1. The first kappa shape index (κ1) is 17.8. The van der Waals surface area contributed by atoms with Crippen LogP contribution in [0.5, 0.6) is 0 Å². The van der Waals surface area contributed by atoms with Crippen LogP contribution < -0.4 is 0 Å². The molecule has 1 aliphatic rings. The van der Waals surface area contributed by atoms with Crippen molar-refractivity contribution >= 4 is 17.9 Å². The number of likely N-dealkylation sites (tertiary alicyclic amines) is 1. The van der Waals surface area contributed by atoms with Crippen molar-refractivity contribution in [1.82, 2.24) is 9.88 Å². The number of hydrogen-bond donors (Lipinski definition) is 0. The van der Waals surface area contributed by atoms with Crippen LogP contribution in [0.4, 0.5) is 4.79 Å². The van der Waals surface area contributed by atoms with E-state index in [0.29, 0.717) is 11.9 Å². The largest absolute Gasteiger partial charge is 0.445 e. The maximum Gasteiger partial charge on any atom is 0.410 e. The van der Waals surface area contributed by atoms with Crippen molar-refractivity contribution < 1.29 is 9.53 Å². The van der Waals surface area contributed by atoms with Gasteiger partial charge in [-0.25, -0.2) is 9.78 Å². The molecule has 0 spiro atoms. The molecule has 0 saturated carbocycles. The van der Waals surface area contributed by atoms with Crippen molar-refractivity contribution in [2.75, 3.05) is 6.54 Å². The minimum atomic E-state index is -0.244. The monoisotopic (exact) mass is 356 g/mol. The molecule has 0 N–H and O–H groups in total. The second-order valence-electron chi connectivity index (χ2n) is 6.49. The molecule has 25 heavy (non-hydrogen) atoms. The van der Waals surface area contributed by atoms with E-state index in [-0.39, 0.29) is 12.1 Å². The third kappa shape index (κ3) is 4.75. The summed E-state index contributed by atoms with van der Waals surface area (Å²) in [5.41, 5.74) is 2.09. The summed E-state index contributed by atoms with van der Waals surface area (Å²) in [4.78, 5) is 18.9. The van der Waals surface area contributed by atoms with E-state index in [2.05, 4.69) is 24.9 Å². The van der Waals surface area contributed by atoms with Crippen LogP contribution in [0.25, 0.3) is 0 Å². The van der Waals surface area contributed by atoms with Crippen molar-refractivity contribution in [3.05, 3.63) is 59.8 Å². The maximum absolute atomic E-state index is 12.5. The predicted molar refractivity (Wildman–Crippen MR) is 101 cm³/mol. The normalized spacial score (nSPS) is 17.1. The number of amides is 1. The van der Waals surface area contributed by atoms with Gasteiger partial charge in [0.15, 0.2) is 0 Å². The average molecular weight is 356 g/mol. The number of carbonyl (C=O) groups excluding carboxylic acids is 1. The molecular weight excluding hydrogens is 332 g/mol. The highest BCUT2D eigenvalue weighted by Crippen LogP contribution is 2.33. The zero-order chi connectivity index (χ0) is 17.6. The second-order valence-corrected chi connectivity index (χ2v) is 8.08. The molecule has 2 aromatic rings. The van der Waals surface area contributed by atoms with E-state index in [9.17, 15) is 4.79 Å². The summed E-state index contributed by atoms with van der Waals surface area (Å²) >= 11 is 1.75. The Morgan fingerprint density at radius 3 is 2.76 bits per heavy atom. The topological polar surface area (TPSA) is 42.4 Å². The summed E-state index contributed by atoms with van der Waals surface area (Å²) in [6.45, 7) is 5.36. The molecule has 1 amide bonds. The van der Waals surface area contributed by atoms with Gasteiger partial charge in [0, 0.05) is 18.0 Å². The summed E-state index contributed by atoms with van der Waals surface area (Å²) in [6, 6.07) is 14.0. The molecule has 1 fully saturated rings. The van der Waals surface area contributed by atoms with Gasteiger partial charge in [-0.15, -0.1) is 11.8 Å². The number of aromatic nitrogens is 1. The third-order valence-electron chi connectivity index (χ3n) is 4.19. The van der Waals surface area contributed by atoms with Crippen LogP contribution >= 0.6 is 11.8 Å². The number of ether oxygens (including phenoxy) is 1. The SMILES string of the molecule is CC(C)Sc1ccc(C2CCCN2C(=O)OCc2ccccc2)cn1. The van der Waals surface area contributed by atoms with Crippen molar-refractivity contribution in [3.8, 4) is 0 Å². The number of benzene rings is 1. The van der Waals surface area contributed by atoms with Gasteiger partial charge >= 0.3 is 6.09 Å². The second kappa shape index (κ2) is 8.39. The van der Waals surface area contributed by atoms with Crippen LogP contribution in [0.2, 0.25) is 0 Å². The molecule has 0 bridgehead atoms. The molecule has 5 heteroatoms. The first-order valence-electron chi connectivity index (χ1n) is 8.73. The fourth-order valence-corrected chi connectivity index (χ4v) is 3.78. The molecule has 132 valence electrons. The predicted octanol–water partition coefficient (Wildman–Crippen LogP) is 5.06. The van der Waals surface area contributed by atoms with Crippen molar-refractivity contribution in [1.29, 1.82) is 0 Å². The molecule has 1 atom stereocenters. The third-order valence-corrected chi connectivity index (χ3v) is 5.15. The van der Waals surface area contributed by atoms with Crippen LogP contribution in [0.1, 0.15) is 43.9 Å². The Kier molecular flexibility index (Phi) is 5.97. The van der Waals surface area contributed by atoms with Crippen LogP contribution in [0, 0.1) is 0 Å². The number of nitrogens with zero attached hydrogens (tertiary/aromatic N) is 2. The van der Waals surface area contributed by atoms with E-state index in [1.807, 2.05) is 47.5 Å². The van der Waals surface area contributed by atoms with Gasteiger partial charge < -0.3 is 9.64 Å². The lowest BCUT2D eigenvalue weighted by Gasteiger charge is -2.24. The lowest BCUT2D eigenvalue weighted by molar-refractivity contribution is 0.0920. The quantitative estimate of drug-likeness (QED) is 0.703. The Morgan fingerprint density at radius 1 is 1.28 bits per heavy atom. The molecule has 1 aliphatic heterocycles. The molecule has 2 heterocycles. The summed E-state index contributed by atoms with van der Waals surface area (Å²) in [5, 5.41) is 1.53. The zero-order valence-electron chi connectivity index (χ0n) is 14.7. The van der Waals surface area contributed by atoms with E-state index < -0.39 is 0 Å². The molecule has 4 nitrogen and oxygen atoms in total. The Hall–Kier alpha value is -2.01. The van der Waals surface area contributed by atoms with Gasteiger partial charge in [0.25, 0.3) is 0 Å². The van der Waals surface area contributed by atoms with E-state index in [0.717, 1.165) is 35.5 Å². The minimum Gasteiger partial charge on any atom is -0.445 e. The Balaban J connectivity index is 1.62. The van der Waals surface area contributed by atoms with Gasteiger partial charge in [0.1, 0.15) is 6.61 Å². The number of carbonyl (C=O) groups is 1. The Morgan fingerprint density at radius 2 is 2.08 bits per heavy atom. The van der Waals surface area contributed by atoms with Gasteiger partial charge in [0.05, 0.1) is 11.1 Å². The molecule has 0 radical (unpaired) electrons. The van der Waals surface area contributed by atoms with E-state index in [1.165, 1.54) is 0 Å². The summed E-state index contributed by atoms with van der Waals surface area (Å²) in [6.07, 6.45) is 3.61. The number of rotatable bonds is 5. The number of thioether (sulfide) groups is 1.